The quantitative estimate of drug-likeness (QED) is 0.839. The van der Waals surface area contributed by atoms with E-state index in [1.807, 2.05) is 24.3 Å². The van der Waals surface area contributed by atoms with E-state index in [-0.39, 0.29) is 11.9 Å². The van der Waals surface area contributed by atoms with Crippen LogP contribution in [0, 0.1) is 0 Å². The number of pyridine rings is 1. The van der Waals surface area contributed by atoms with Crippen LogP contribution in [-0.2, 0) is 0 Å². The van der Waals surface area contributed by atoms with Gasteiger partial charge in [-0.1, -0.05) is 42.6 Å². The molecule has 0 bridgehead atoms. The number of amides is 1. The SMILES string of the molecule is O=C(N[C@@H]1CCCC[C@H]1O)c1cc(Cl)nc2ccccc12. The van der Waals surface area contributed by atoms with Crippen molar-refractivity contribution in [3.63, 3.8) is 0 Å². The molecule has 2 aromatic rings. The van der Waals surface area contributed by atoms with Crippen LogP contribution in [0.5, 0.6) is 0 Å². The molecular weight excluding hydrogens is 288 g/mol. The van der Waals surface area contributed by atoms with Crippen LogP contribution in [0.15, 0.2) is 30.3 Å². The van der Waals surface area contributed by atoms with Crippen molar-refractivity contribution in [2.75, 3.05) is 0 Å². The van der Waals surface area contributed by atoms with Crippen LogP contribution in [0.4, 0.5) is 0 Å². The molecule has 0 saturated heterocycles. The Kier molecular flexibility index (Phi) is 4.08. The van der Waals surface area contributed by atoms with E-state index in [1.165, 1.54) is 0 Å². The molecule has 5 heteroatoms. The highest BCUT2D eigenvalue weighted by Gasteiger charge is 2.25. The van der Waals surface area contributed by atoms with Gasteiger partial charge in [-0.15, -0.1) is 0 Å². The highest BCUT2D eigenvalue weighted by atomic mass is 35.5. The molecule has 1 amide bonds. The van der Waals surface area contributed by atoms with Crippen LogP contribution in [-0.4, -0.2) is 28.1 Å². The second kappa shape index (κ2) is 6.00. The zero-order chi connectivity index (χ0) is 14.8. The number of hydrogen-bond donors (Lipinski definition) is 2. The van der Waals surface area contributed by atoms with E-state index in [0.717, 1.165) is 31.1 Å². The van der Waals surface area contributed by atoms with E-state index >= 15 is 0 Å². The summed E-state index contributed by atoms with van der Waals surface area (Å²) in [5, 5.41) is 14.0. The van der Waals surface area contributed by atoms with Crippen molar-refractivity contribution in [1.82, 2.24) is 10.3 Å². The minimum atomic E-state index is -0.466. The van der Waals surface area contributed by atoms with Gasteiger partial charge in [-0.05, 0) is 25.0 Å². The van der Waals surface area contributed by atoms with Gasteiger partial charge in [0, 0.05) is 5.39 Å². The lowest BCUT2D eigenvalue weighted by molar-refractivity contribution is 0.0718. The van der Waals surface area contributed by atoms with Gasteiger partial charge in [0.1, 0.15) is 5.15 Å². The molecule has 1 aliphatic carbocycles. The summed E-state index contributed by atoms with van der Waals surface area (Å²) >= 11 is 6.00. The molecule has 1 fully saturated rings. The molecule has 1 aliphatic rings. The maximum Gasteiger partial charge on any atom is 0.252 e. The Labute approximate surface area is 128 Å². The first kappa shape index (κ1) is 14.3. The number of carbonyl (C=O) groups excluding carboxylic acids is 1. The van der Waals surface area contributed by atoms with Crippen molar-refractivity contribution >= 4 is 28.4 Å². The number of aromatic nitrogens is 1. The lowest BCUT2D eigenvalue weighted by Gasteiger charge is -2.28. The molecule has 0 radical (unpaired) electrons. The third-order valence-electron chi connectivity index (χ3n) is 3.98. The van der Waals surface area contributed by atoms with Crippen molar-refractivity contribution in [2.45, 2.75) is 37.8 Å². The summed E-state index contributed by atoms with van der Waals surface area (Å²) in [5.74, 6) is -0.207. The number of benzene rings is 1. The Morgan fingerprint density at radius 3 is 2.86 bits per heavy atom. The van der Waals surface area contributed by atoms with Crippen LogP contribution in [0.3, 0.4) is 0 Å². The van der Waals surface area contributed by atoms with Gasteiger partial charge in [-0.3, -0.25) is 4.79 Å². The Hall–Kier alpha value is -1.65. The smallest absolute Gasteiger partial charge is 0.252 e. The topological polar surface area (TPSA) is 62.2 Å². The second-order valence-electron chi connectivity index (χ2n) is 5.44. The van der Waals surface area contributed by atoms with E-state index < -0.39 is 6.10 Å². The van der Waals surface area contributed by atoms with Crippen molar-refractivity contribution in [2.24, 2.45) is 0 Å². The maximum atomic E-state index is 12.5. The van der Waals surface area contributed by atoms with Gasteiger partial charge in [-0.2, -0.15) is 0 Å². The van der Waals surface area contributed by atoms with Crippen molar-refractivity contribution in [3.8, 4) is 0 Å². The number of carbonyl (C=O) groups is 1. The summed E-state index contributed by atoms with van der Waals surface area (Å²) in [6.07, 6.45) is 3.12. The van der Waals surface area contributed by atoms with E-state index in [1.54, 1.807) is 6.07 Å². The first-order chi connectivity index (χ1) is 10.1. The molecule has 21 heavy (non-hydrogen) atoms. The lowest BCUT2D eigenvalue weighted by Crippen LogP contribution is -2.45. The summed E-state index contributed by atoms with van der Waals surface area (Å²) in [5.41, 5.74) is 1.20. The summed E-state index contributed by atoms with van der Waals surface area (Å²) in [7, 11) is 0. The average Bonchev–Trinajstić information content (AvgIpc) is 2.48. The lowest BCUT2D eigenvalue weighted by atomic mass is 9.92. The first-order valence-corrected chi connectivity index (χ1v) is 7.57. The van der Waals surface area contributed by atoms with Crippen molar-refractivity contribution < 1.29 is 9.90 Å². The number of aliphatic hydroxyl groups excluding tert-OH is 1. The Morgan fingerprint density at radius 2 is 2.05 bits per heavy atom. The van der Waals surface area contributed by atoms with Crippen molar-refractivity contribution in [1.29, 1.82) is 0 Å². The third-order valence-corrected chi connectivity index (χ3v) is 4.17. The number of fused-ring (bicyclic) bond motifs is 1. The van der Waals surface area contributed by atoms with Gasteiger partial charge in [-0.25, -0.2) is 4.98 Å². The van der Waals surface area contributed by atoms with Crippen molar-refractivity contribution in [3.05, 3.63) is 41.0 Å². The van der Waals surface area contributed by atoms with Gasteiger partial charge in [0.25, 0.3) is 5.91 Å². The van der Waals surface area contributed by atoms with E-state index in [0.29, 0.717) is 16.2 Å². The summed E-state index contributed by atoms with van der Waals surface area (Å²) in [6.45, 7) is 0. The van der Waals surface area contributed by atoms with Crippen LogP contribution < -0.4 is 5.32 Å². The number of rotatable bonds is 2. The molecule has 0 spiro atoms. The fourth-order valence-electron chi connectivity index (χ4n) is 2.86. The van der Waals surface area contributed by atoms with Crippen LogP contribution in [0.25, 0.3) is 10.9 Å². The highest BCUT2D eigenvalue weighted by Crippen LogP contribution is 2.23. The fraction of sp³-hybridized carbons (Fsp3) is 0.375. The fourth-order valence-corrected chi connectivity index (χ4v) is 3.06. The number of nitrogens with zero attached hydrogens (tertiary/aromatic N) is 1. The normalized spacial score (nSPS) is 22.2. The van der Waals surface area contributed by atoms with Gasteiger partial charge < -0.3 is 10.4 Å². The molecule has 1 aromatic carbocycles. The summed E-state index contributed by atoms with van der Waals surface area (Å²) in [6, 6.07) is 8.80. The zero-order valence-corrected chi connectivity index (χ0v) is 12.3. The third kappa shape index (κ3) is 3.01. The van der Waals surface area contributed by atoms with E-state index in [4.69, 9.17) is 11.6 Å². The zero-order valence-electron chi connectivity index (χ0n) is 11.6. The molecule has 1 saturated carbocycles. The minimum absolute atomic E-state index is 0.183. The standard InChI is InChI=1S/C16H17ClN2O2/c17-15-9-11(10-5-1-2-6-12(10)18-15)16(21)19-13-7-3-4-8-14(13)20/h1-2,5-6,9,13-14,20H,3-4,7-8H2,(H,19,21)/t13-,14-/m1/s1. The van der Waals surface area contributed by atoms with E-state index in [2.05, 4.69) is 10.3 Å². The largest absolute Gasteiger partial charge is 0.391 e. The molecular formula is C16H17ClN2O2. The molecule has 2 atom stereocenters. The van der Waals surface area contributed by atoms with Gasteiger partial charge in [0.2, 0.25) is 0 Å². The molecule has 0 unspecified atom stereocenters. The Bertz CT molecular complexity index is 674. The van der Waals surface area contributed by atoms with Crippen LogP contribution in [0.1, 0.15) is 36.0 Å². The minimum Gasteiger partial charge on any atom is -0.391 e. The van der Waals surface area contributed by atoms with E-state index in [9.17, 15) is 9.90 Å². The first-order valence-electron chi connectivity index (χ1n) is 7.19. The molecule has 1 heterocycles. The van der Waals surface area contributed by atoms with Crippen LogP contribution >= 0.6 is 11.6 Å². The molecule has 2 N–H and O–H groups in total. The molecule has 4 nitrogen and oxygen atoms in total. The molecule has 3 rings (SSSR count). The van der Waals surface area contributed by atoms with Gasteiger partial charge >= 0.3 is 0 Å². The summed E-state index contributed by atoms with van der Waals surface area (Å²) < 4.78 is 0. The summed E-state index contributed by atoms with van der Waals surface area (Å²) in [4.78, 5) is 16.7. The van der Waals surface area contributed by atoms with Gasteiger partial charge in [0.05, 0.1) is 23.2 Å². The van der Waals surface area contributed by atoms with Gasteiger partial charge in [0.15, 0.2) is 0 Å². The second-order valence-corrected chi connectivity index (χ2v) is 5.83. The molecule has 1 aromatic heterocycles. The average molecular weight is 305 g/mol. The monoisotopic (exact) mass is 304 g/mol. The predicted octanol–water partition coefficient (Wildman–Crippen LogP) is 2.92. The number of para-hydroxylation sites is 1. The van der Waals surface area contributed by atoms with Crippen LogP contribution in [0.2, 0.25) is 5.15 Å². The Morgan fingerprint density at radius 1 is 1.29 bits per heavy atom. The number of aliphatic hydroxyl groups is 1. The number of halogens is 1. The number of hydrogen-bond acceptors (Lipinski definition) is 3. The molecule has 110 valence electrons. The highest BCUT2D eigenvalue weighted by molar-refractivity contribution is 6.30. The Balaban J connectivity index is 1.90. The molecule has 0 aliphatic heterocycles. The number of nitrogens with one attached hydrogen (secondary N) is 1. The maximum absolute atomic E-state index is 12.5. The predicted molar refractivity (Wildman–Crippen MR) is 82.5 cm³/mol.